The van der Waals surface area contributed by atoms with Crippen LogP contribution in [0.2, 0.25) is 0 Å². The van der Waals surface area contributed by atoms with Crippen molar-refractivity contribution in [2.45, 2.75) is 58.4 Å². The van der Waals surface area contributed by atoms with E-state index in [-0.39, 0.29) is 11.8 Å². The van der Waals surface area contributed by atoms with Crippen LogP contribution in [-0.2, 0) is 9.59 Å². The predicted octanol–water partition coefficient (Wildman–Crippen LogP) is 2.52. The Bertz CT molecular complexity index is 368. The number of carboxylic acid groups (broad SMARTS) is 1. The van der Waals surface area contributed by atoms with Crippen LogP contribution in [-0.4, -0.2) is 35.0 Å². The van der Waals surface area contributed by atoms with Crippen molar-refractivity contribution in [2.24, 2.45) is 17.3 Å². The highest BCUT2D eigenvalue weighted by Crippen LogP contribution is 2.39. The largest absolute Gasteiger partial charge is 0.481 e. The average Bonchev–Trinajstić information content (AvgIpc) is 2.25. The van der Waals surface area contributed by atoms with Crippen molar-refractivity contribution in [3.8, 4) is 0 Å². The molecule has 4 nitrogen and oxygen atoms in total. The highest BCUT2D eigenvalue weighted by atomic mass is 16.4. The van der Waals surface area contributed by atoms with Gasteiger partial charge in [-0.2, -0.15) is 0 Å². The van der Waals surface area contributed by atoms with Gasteiger partial charge in [0.1, 0.15) is 0 Å². The van der Waals surface area contributed by atoms with Gasteiger partial charge in [0.25, 0.3) is 0 Å². The molecule has 0 spiro atoms. The molecule has 2 saturated carbocycles. The lowest BCUT2D eigenvalue weighted by molar-refractivity contribution is -0.157. The first-order chi connectivity index (χ1) is 8.82. The van der Waals surface area contributed by atoms with E-state index >= 15 is 0 Å². The van der Waals surface area contributed by atoms with Crippen molar-refractivity contribution >= 4 is 11.9 Å². The van der Waals surface area contributed by atoms with E-state index in [2.05, 4.69) is 13.8 Å². The van der Waals surface area contributed by atoms with E-state index in [1.807, 2.05) is 11.9 Å². The van der Waals surface area contributed by atoms with Crippen molar-refractivity contribution in [1.82, 2.24) is 4.90 Å². The maximum absolute atomic E-state index is 12.4. The fourth-order valence-electron chi connectivity index (χ4n) is 3.30. The number of hydrogen-bond donors (Lipinski definition) is 1. The van der Waals surface area contributed by atoms with Crippen molar-refractivity contribution < 1.29 is 14.7 Å². The van der Waals surface area contributed by atoms with Crippen LogP contribution in [0.15, 0.2) is 0 Å². The molecule has 1 amide bonds. The molecule has 4 heteroatoms. The molecule has 0 bridgehead atoms. The number of hydrogen-bond acceptors (Lipinski definition) is 2. The summed E-state index contributed by atoms with van der Waals surface area (Å²) >= 11 is 0. The second kappa shape index (κ2) is 5.14. The maximum atomic E-state index is 12.4. The molecule has 0 heterocycles. The summed E-state index contributed by atoms with van der Waals surface area (Å²) < 4.78 is 0. The Kier molecular flexibility index (Phi) is 3.88. The number of rotatable bonds is 3. The minimum absolute atomic E-state index is 0.0448. The maximum Gasteiger partial charge on any atom is 0.307 e. The van der Waals surface area contributed by atoms with E-state index in [0.717, 1.165) is 32.1 Å². The van der Waals surface area contributed by atoms with Gasteiger partial charge < -0.3 is 10.0 Å². The first kappa shape index (κ1) is 14.4. The number of aliphatic carboxylic acids is 1. The monoisotopic (exact) mass is 267 g/mol. The standard InChI is InChI=1S/C15H25NO3/c1-15(2)8-6-10(7-9-15)16(3)13(17)11-4-5-12(11)14(18)19/h10-12H,4-9H2,1-3H3,(H,18,19). The van der Waals surface area contributed by atoms with Crippen molar-refractivity contribution in [2.75, 3.05) is 7.05 Å². The van der Waals surface area contributed by atoms with Crippen molar-refractivity contribution in [3.05, 3.63) is 0 Å². The number of carbonyl (C=O) groups excluding carboxylic acids is 1. The van der Waals surface area contributed by atoms with Crippen LogP contribution in [0.4, 0.5) is 0 Å². The molecule has 2 fully saturated rings. The van der Waals surface area contributed by atoms with E-state index in [1.165, 1.54) is 0 Å². The van der Waals surface area contributed by atoms with Crippen LogP contribution < -0.4 is 0 Å². The normalized spacial score (nSPS) is 30.5. The van der Waals surface area contributed by atoms with Crippen LogP contribution in [0.3, 0.4) is 0 Å². The van der Waals surface area contributed by atoms with Crippen LogP contribution in [0.5, 0.6) is 0 Å². The van der Waals surface area contributed by atoms with Gasteiger partial charge in [0.2, 0.25) is 5.91 Å². The number of nitrogens with zero attached hydrogens (tertiary/aromatic N) is 1. The smallest absolute Gasteiger partial charge is 0.307 e. The van der Waals surface area contributed by atoms with Gasteiger partial charge in [0.15, 0.2) is 0 Å². The van der Waals surface area contributed by atoms with Gasteiger partial charge >= 0.3 is 5.97 Å². The summed E-state index contributed by atoms with van der Waals surface area (Å²) in [5.74, 6) is -1.50. The average molecular weight is 267 g/mol. The van der Waals surface area contributed by atoms with Gasteiger partial charge in [-0.25, -0.2) is 0 Å². The topological polar surface area (TPSA) is 57.6 Å². The molecule has 2 unspecified atom stereocenters. The molecule has 2 rings (SSSR count). The molecule has 0 aromatic carbocycles. The molecule has 0 radical (unpaired) electrons. The summed E-state index contributed by atoms with van der Waals surface area (Å²) in [6, 6.07) is 0.301. The molecular weight excluding hydrogens is 242 g/mol. The minimum atomic E-state index is -0.817. The molecule has 2 atom stereocenters. The van der Waals surface area contributed by atoms with Crippen molar-refractivity contribution in [3.63, 3.8) is 0 Å². The molecule has 108 valence electrons. The molecular formula is C15H25NO3. The highest BCUT2D eigenvalue weighted by molar-refractivity contribution is 5.86. The van der Waals surface area contributed by atoms with E-state index < -0.39 is 11.9 Å². The summed E-state index contributed by atoms with van der Waals surface area (Å²) in [5.41, 5.74) is 0.389. The van der Waals surface area contributed by atoms with Gasteiger partial charge in [0, 0.05) is 13.1 Å². The molecule has 2 aliphatic rings. The molecule has 0 aromatic heterocycles. The third-order valence-electron chi connectivity index (χ3n) is 5.11. The van der Waals surface area contributed by atoms with Crippen LogP contribution in [0.1, 0.15) is 52.4 Å². The Labute approximate surface area is 115 Å². The van der Waals surface area contributed by atoms with Crippen molar-refractivity contribution in [1.29, 1.82) is 0 Å². The summed E-state index contributed by atoms with van der Waals surface area (Å²) in [6.07, 6.45) is 5.75. The Morgan fingerprint density at radius 3 is 2.00 bits per heavy atom. The molecule has 2 aliphatic carbocycles. The SMILES string of the molecule is CN(C(=O)C1CCC1C(=O)O)C1CCC(C)(C)CC1. The second-order valence-corrected chi connectivity index (χ2v) is 6.97. The quantitative estimate of drug-likeness (QED) is 0.854. The van der Waals surface area contributed by atoms with E-state index in [1.54, 1.807) is 0 Å². The summed E-state index contributed by atoms with van der Waals surface area (Å²) in [6.45, 7) is 4.55. The summed E-state index contributed by atoms with van der Waals surface area (Å²) in [7, 11) is 1.85. The molecule has 1 N–H and O–H groups in total. The Morgan fingerprint density at radius 1 is 1.05 bits per heavy atom. The van der Waals surface area contributed by atoms with Gasteiger partial charge in [0.05, 0.1) is 11.8 Å². The van der Waals surface area contributed by atoms with Gasteiger partial charge in [-0.05, 0) is 43.9 Å². The lowest BCUT2D eigenvalue weighted by Crippen LogP contribution is -2.49. The first-order valence-corrected chi connectivity index (χ1v) is 7.31. The fourth-order valence-corrected chi connectivity index (χ4v) is 3.30. The van der Waals surface area contributed by atoms with Gasteiger partial charge in [-0.15, -0.1) is 0 Å². The van der Waals surface area contributed by atoms with Gasteiger partial charge in [-0.1, -0.05) is 13.8 Å². The first-order valence-electron chi connectivity index (χ1n) is 7.31. The Hall–Kier alpha value is -1.06. The Morgan fingerprint density at radius 2 is 1.58 bits per heavy atom. The zero-order valence-corrected chi connectivity index (χ0v) is 12.2. The van der Waals surface area contributed by atoms with Crippen LogP contribution >= 0.6 is 0 Å². The zero-order valence-electron chi connectivity index (χ0n) is 12.2. The lowest BCUT2D eigenvalue weighted by atomic mass is 9.71. The van der Waals surface area contributed by atoms with Crippen LogP contribution in [0.25, 0.3) is 0 Å². The van der Waals surface area contributed by atoms with E-state index in [4.69, 9.17) is 5.11 Å². The number of carboxylic acids is 1. The Balaban J connectivity index is 1.91. The summed E-state index contributed by atoms with van der Waals surface area (Å²) in [4.78, 5) is 25.2. The van der Waals surface area contributed by atoms with E-state index in [9.17, 15) is 9.59 Å². The van der Waals surface area contributed by atoms with Gasteiger partial charge in [-0.3, -0.25) is 9.59 Å². The number of carbonyl (C=O) groups is 2. The minimum Gasteiger partial charge on any atom is -0.481 e. The highest BCUT2D eigenvalue weighted by Gasteiger charge is 2.44. The third-order valence-corrected chi connectivity index (χ3v) is 5.11. The third kappa shape index (κ3) is 2.93. The lowest BCUT2D eigenvalue weighted by Gasteiger charge is -2.42. The fraction of sp³-hybridized carbons (Fsp3) is 0.867. The second-order valence-electron chi connectivity index (χ2n) is 6.97. The predicted molar refractivity (Wildman–Crippen MR) is 72.7 cm³/mol. The molecule has 0 saturated heterocycles. The zero-order chi connectivity index (χ0) is 14.2. The number of amides is 1. The van der Waals surface area contributed by atoms with E-state index in [0.29, 0.717) is 17.9 Å². The van der Waals surface area contributed by atoms with Crippen LogP contribution in [0, 0.1) is 17.3 Å². The molecule has 19 heavy (non-hydrogen) atoms. The molecule has 0 aromatic rings. The molecule has 0 aliphatic heterocycles. The summed E-state index contributed by atoms with van der Waals surface area (Å²) in [5, 5.41) is 9.04.